The summed E-state index contributed by atoms with van der Waals surface area (Å²) in [5, 5.41) is 0. The molecule has 2 radical (unpaired) electrons. The molecule has 2 nitrogen and oxygen atoms in total. The number of hydrogen-bond acceptors (Lipinski definition) is 1. The molecule has 0 aromatic heterocycles. The fourth-order valence-electron chi connectivity index (χ4n) is 1.49. The summed E-state index contributed by atoms with van der Waals surface area (Å²) < 4.78 is 0. The molecule has 0 saturated heterocycles. The number of rotatable bonds is 0. The van der Waals surface area contributed by atoms with E-state index in [9.17, 15) is 4.79 Å². The number of carbonyl (C=O) groups is 1. The van der Waals surface area contributed by atoms with Crippen molar-refractivity contribution in [3.05, 3.63) is 29.3 Å². The topological polar surface area (TPSA) is 20.3 Å². The SMILES string of the molecule is CC.CCC.[B]c1ccc2c(c1)CN(C)C2=O. The maximum atomic E-state index is 11.4. The maximum absolute atomic E-state index is 11.4. The van der Waals surface area contributed by atoms with Crippen LogP contribution in [-0.4, -0.2) is 25.7 Å². The molecule has 92 valence electrons. The fourth-order valence-corrected chi connectivity index (χ4v) is 1.49. The second-order valence-electron chi connectivity index (χ2n) is 3.78. The van der Waals surface area contributed by atoms with E-state index in [0.29, 0.717) is 6.54 Å². The van der Waals surface area contributed by atoms with Gasteiger partial charge in [-0.15, -0.1) is 0 Å². The van der Waals surface area contributed by atoms with Gasteiger partial charge in [-0.2, -0.15) is 0 Å². The van der Waals surface area contributed by atoms with Crippen LogP contribution in [0.25, 0.3) is 0 Å². The summed E-state index contributed by atoms with van der Waals surface area (Å²) in [7, 11) is 7.38. The van der Waals surface area contributed by atoms with Crippen LogP contribution in [0.15, 0.2) is 18.2 Å². The van der Waals surface area contributed by atoms with E-state index in [4.69, 9.17) is 7.85 Å². The van der Waals surface area contributed by atoms with Gasteiger partial charge in [0.1, 0.15) is 7.85 Å². The van der Waals surface area contributed by atoms with Crippen molar-refractivity contribution in [2.24, 2.45) is 0 Å². The number of carbonyl (C=O) groups excluding carboxylic acids is 1. The van der Waals surface area contributed by atoms with Crippen molar-refractivity contribution in [3.63, 3.8) is 0 Å². The number of amides is 1. The van der Waals surface area contributed by atoms with E-state index in [1.807, 2.05) is 19.9 Å². The van der Waals surface area contributed by atoms with Crippen LogP contribution in [-0.2, 0) is 6.54 Å². The highest BCUT2D eigenvalue weighted by molar-refractivity contribution is 6.32. The monoisotopic (exact) mass is 231 g/mol. The first-order valence-corrected chi connectivity index (χ1v) is 6.24. The van der Waals surface area contributed by atoms with Gasteiger partial charge in [0.25, 0.3) is 5.91 Å². The van der Waals surface area contributed by atoms with Crippen LogP contribution in [0.4, 0.5) is 0 Å². The Hall–Kier alpha value is -1.25. The smallest absolute Gasteiger partial charge is 0.254 e. The van der Waals surface area contributed by atoms with E-state index in [1.165, 1.54) is 6.42 Å². The van der Waals surface area contributed by atoms with Gasteiger partial charge >= 0.3 is 0 Å². The van der Waals surface area contributed by atoms with Crippen molar-refractivity contribution in [3.8, 4) is 0 Å². The van der Waals surface area contributed by atoms with E-state index < -0.39 is 0 Å². The van der Waals surface area contributed by atoms with Crippen LogP contribution in [0.1, 0.15) is 50.0 Å². The van der Waals surface area contributed by atoms with Crippen molar-refractivity contribution in [2.75, 3.05) is 7.05 Å². The number of hydrogen-bond donors (Lipinski definition) is 0. The van der Waals surface area contributed by atoms with Gasteiger partial charge in [0.15, 0.2) is 0 Å². The van der Waals surface area contributed by atoms with Crippen molar-refractivity contribution < 1.29 is 4.79 Å². The van der Waals surface area contributed by atoms with Gasteiger partial charge in [-0.05, 0) is 11.6 Å². The molecule has 0 atom stereocenters. The lowest BCUT2D eigenvalue weighted by Gasteiger charge is -2.04. The summed E-state index contributed by atoms with van der Waals surface area (Å²) in [5.74, 6) is 0.0880. The third kappa shape index (κ3) is 4.25. The van der Waals surface area contributed by atoms with Crippen molar-refractivity contribution in [1.82, 2.24) is 4.90 Å². The molecular weight excluding hydrogens is 209 g/mol. The molecule has 0 saturated carbocycles. The largest absolute Gasteiger partial charge is 0.337 e. The first-order chi connectivity index (χ1) is 8.10. The molecule has 1 aromatic rings. The molecule has 0 fully saturated rings. The summed E-state index contributed by atoms with van der Waals surface area (Å²) in [6.45, 7) is 8.93. The number of benzene rings is 1. The van der Waals surface area contributed by atoms with Crippen LogP contribution < -0.4 is 5.46 Å². The van der Waals surface area contributed by atoms with Gasteiger partial charge in [-0.25, -0.2) is 0 Å². The summed E-state index contributed by atoms with van der Waals surface area (Å²) in [5.41, 5.74) is 2.53. The Kier molecular flexibility index (Phi) is 7.36. The highest BCUT2D eigenvalue weighted by Crippen LogP contribution is 2.19. The molecule has 1 aliphatic heterocycles. The summed E-state index contributed by atoms with van der Waals surface area (Å²) in [6.07, 6.45) is 1.25. The summed E-state index contributed by atoms with van der Waals surface area (Å²) in [6, 6.07) is 5.41. The van der Waals surface area contributed by atoms with Gasteiger partial charge in [0.05, 0.1) is 0 Å². The normalized spacial score (nSPS) is 12.1. The quantitative estimate of drug-likeness (QED) is 0.628. The Morgan fingerprint density at radius 1 is 1.29 bits per heavy atom. The minimum Gasteiger partial charge on any atom is -0.337 e. The molecule has 1 heterocycles. The predicted octanol–water partition coefficient (Wildman–Crippen LogP) is 2.51. The first kappa shape index (κ1) is 15.8. The van der Waals surface area contributed by atoms with Crippen LogP contribution in [0.3, 0.4) is 0 Å². The van der Waals surface area contributed by atoms with Gasteiger partial charge in [-0.1, -0.05) is 51.7 Å². The minimum atomic E-state index is 0.0880. The maximum Gasteiger partial charge on any atom is 0.254 e. The number of fused-ring (bicyclic) bond motifs is 1. The van der Waals surface area contributed by atoms with Crippen LogP contribution >= 0.6 is 0 Å². The Morgan fingerprint density at radius 3 is 2.35 bits per heavy atom. The highest BCUT2D eigenvalue weighted by Gasteiger charge is 2.23. The van der Waals surface area contributed by atoms with Gasteiger partial charge in [0, 0.05) is 19.2 Å². The summed E-state index contributed by atoms with van der Waals surface area (Å²) in [4.78, 5) is 13.1. The third-order valence-electron chi connectivity index (χ3n) is 2.11. The standard InChI is InChI=1S/C9H8BNO.C3H8.C2H6/c1-11-5-6-4-7(10)2-3-8(6)9(11)12;1-3-2;1-2/h2-4H,5H2,1H3;3H2,1-2H3;1-2H3. The lowest BCUT2D eigenvalue weighted by Crippen LogP contribution is -2.17. The van der Waals surface area contributed by atoms with E-state index in [0.717, 1.165) is 16.6 Å². The first-order valence-electron chi connectivity index (χ1n) is 6.24. The molecule has 17 heavy (non-hydrogen) atoms. The van der Waals surface area contributed by atoms with E-state index >= 15 is 0 Å². The lowest BCUT2D eigenvalue weighted by molar-refractivity contribution is 0.0816. The average Bonchev–Trinajstić information content (AvgIpc) is 2.58. The second kappa shape index (κ2) is 7.94. The Balaban J connectivity index is 0.000000450. The predicted molar refractivity (Wildman–Crippen MR) is 74.9 cm³/mol. The molecule has 0 spiro atoms. The Morgan fingerprint density at radius 2 is 1.82 bits per heavy atom. The Labute approximate surface area is 106 Å². The Bertz CT molecular complexity index is 363. The summed E-state index contributed by atoms with van der Waals surface area (Å²) >= 11 is 0. The fraction of sp³-hybridized carbons (Fsp3) is 0.500. The van der Waals surface area contributed by atoms with E-state index in [1.54, 1.807) is 24.1 Å². The number of nitrogens with zero attached hydrogens (tertiary/aromatic N) is 1. The van der Waals surface area contributed by atoms with Crippen LogP contribution in [0.5, 0.6) is 0 Å². The third-order valence-corrected chi connectivity index (χ3v) is 2.11. The molecule has 1 aliphatic rings. The molecule has 3 heteroatoms. The molecule has 2 rings (SSSR count). The average molecular weight is 231 g/mol. The van der Waals surface area contributed by atoms with Crippen molar-refractivity contribution in [2.45, 2.75) is 40.7 Å². The molecule has 1 aromatic carbocycles. The molecule has 0 aliphatic carbocycles. The molecule has 0 unspecified atom stereocenters. The molecular formula is C14H22BNO. The van der Waals surface area contributed by atoms with E-state index in [-0.39, 0.29) is 5.91 Å². The highest BCUT2D eigenvalue weighted by atomic mass is 16.2. The van der Waals surface area contributed by atoms with Crippen LogP contribution in [0.2, 0.25) is 0 Å². The van der Waals surface area contributed by atoms with Crippen molar-refractivity contribution >= 4 is 19.2 Å². The zero-order valence-corrected chi connectivity index (χ0v) is 11.6. The van der Waals surface area contributed by atoms with Gasteiger partial charge in [-0.3, -0.25) is 4.79 Å². The van der Waals surface area contributed by atoms with Gasteiger partial charge < -0.3 is 4.90 Å². The van der Waals surface area contributed by atoms with Crippen LogP contribution in [0, 0.1) is 0 Å². The second-order valence-corrected chi connectivity index (χ2v) is 3.78. The van der Waals surface area contributed by atoms with Gasteiger partial charge in [0.2, 0.25) is 0 Å². The minimum absolute atomic E-state index is 0.0880. The lowest BCUT2D eigenvalue weighted by atomic mass is 9.93. The zero-order valence-electron chi connectivity index (χ0n) is 11.6. The molecule has 0 bridgehead atoms. The molecule has 1 amide bonds. The van der Waals surface area contributed by atoms with E-state index in [2.05, 4.69) is 13.8 Å². The van der Waals surface area contributed by atoms with Crippen molar-refractivity contribution in [1.29, 1.82) is 0 Å². The molecule has 0 N–H and O–H groups in total. The zero-order chi connectivity index (χ0) is 13.4.